The quantitative estimate of drug-likeness (QED) is 0.646. The van der Waals surface area contributed by atoms with Crippen LogP contribution in [0.1, 0.15) is 29.1 Å². The zero-order chi connectivity index (χ0) is 16.2. The maximum absolute atomic E-state index is 12.0. The number of aromatic nitrogens is 3. The molecule has 0 unspecified atom stereocenters. The highest BCUT2D eigenvalue weighted by Gasteiger charge is 2.19. The van der Waals surface area contributed by atoms with Crippen LogP contribution in [-0.2, 0) is 4.79 Å². The van der Waals surface area contributed by atoms with E-state index in [0.29, 0.717) is 21.0 Å². The second-order valence-corrected chi connectivity index (χ2v) is 7.23. The number of carbonyl (C=O) groups excluding carboxylic acids is 2. The molecular weight excluding hydrogens is 338 g/mol. The predicted octanol–water partition coefficient (Wildman–Crippen LogP) is 1.80. The highest BCUT2D eigenvalue weighted by molar-refractivity contribution is 8.01. The SMILES string of the molecule is Cc1cc(C(=O)Nc2nnc(SCC(=O)N3CCCC3)s2)no1. The van der Waals surface area contributed by atoms with E-state index in [4.69, 9.17) is 4.52 Å². The van der Waals surface area contributed by atoms with E-state index in [2.05, 4.69) is 20.7 Å². The van der Waals surface area contributed by atoms with Gasteiger partial charge < -0.3 is 9.42 Å². The van der Waals surface area contributed by atoms with Gasteiger partial charge in [-0.2, -0.15) is 0 Å². The van der Waals surface area contributed by atoms with Crippen LogP contribution < -0.4 is 5.32 Å². The van der Waals surface area contributed by atoms with Crippen molar-refractivity contribution in [2.75, 3.05) is 24.2 Å². The summed E-state index contributed by atoms with van der Waals surface area (Å²) in [4.78, 5) is 25.7. The van der Waals surface area contributed by atoms with Gasteiger partial charge in [-0.15, -0.1) is 10.2 Å². The van der Waals surface area contributed by atoms with Crippen LogP contribution >= 0.6 is 23.1 Å². The predicted molar refractivity (Wildman–Crippen MR) is 85.6 cm³/mol. The number of nitrogens with zero attached hydrogens (tertiary/aromatic N) is 4. The van der Waals surface area contributed by atoms with Crippen molar-refractivity contribution in [2.45, 2.75) is 24.1 Å². The van der Waals surface area contributed by atoms with Gasteiger partial charge in [-0.05, 0) is 19.8 Å². The number of carbonyl (C=O) groups is 2. The standard InChI is InChI=1S/C13H15N5O3S2/c1-8-6-9(17-21-8)11(20)14-12-15-16-13(23-12)22-7-10(19)18-4-2-3-5-18/h6H,2-5,7H2,1H3,(H,14,15,20). The maximum atomic E-state index is 12.0. The summed E-state index contributed by atoms with van der Waals surface area (Å²) in [7, 11) is 0. The van der Waals surface area contributed by atoms with E-state index in [9.17, 15) is 9.59 Å². The number of hydrogen-bond acceptors (Lipinski definition) is 8. The van der Waals surface area contributed by atoms with Gasteiger partial charge in [0.2, 0.25) is 11.0 Å². The summed E-state index contributed by atoms with van der Waals surface area (Å²) in [6, 6.07) is 1.54. The average Bonchev–Trinajstić information content (AvgIpc) is 3.26. The Hall–Kier alpha value is -1.94. The van der Waals surface area contributed by atoms with Gasteiger partial charge in [0.1, 0.15) is 5.76 Å². The fraction of sp³-hybridized carbons (Fsp3) is 0.462. The molecule has 10 heteroatoms. The third-order valence-corrected chi connectivity index (χ3v) is 5.22. The van der Waals surface area contributed by atoms with Crippen molar-refractivity contribution in [3.63, 3.8) is 0 Å². The van der Waals surface area contributed by atoms with E-state index in [0.717, 1.165) is 25.9 Å². The molecule has 2 aromatic heterocycles. The number of anilines is 1. The first-order valence-electron chi connectivity index (χ1n) is 7.10. The van der Waals surface area contributed by atoms with Gasteiger partial charge in [0.25, 0.3) is 5.91 Å². The number of amides is 2. The minimum absolute atomic E-state index is 0.117. The molecule has 3 rings (SSSR count). The molecular formula is C13H15N5O3S2. The van der Waals surface area contributed by atoms with Gasteiger partial charge in [0, 0.05) is 19.2 Å². The van der Waals surface area contributed by atoms with Crippen LogP contribution in [0.5, 0.6) is 0 Å². The van der Waals surface area contributed by atoms with E-state index >= 15 is 0 Å². The highest BCUT2D eigenvalue weighted by Crippen LogP contribution is 2.26. The first-order valence-corrected chi connectivity index (χ1v) is 8.91. The molecule has 0 spiro atoms. The first kappa shape index (κ1) is 15.9. The van der Waals surface area contributed by atoms with E-state index in [1.165, 1.54) is 23.1 Å². The van der Waals surface area contributed by atoms with Crippen molar-refractivity contribution in [3.05, 3.63) is 17.5 Å². The monoisotopic (exact) mass is 353 g/mol. The minimum atomic E-state index is -0.400. The molecule has 23 heavy (non-hydrogen) atoms. The number of aryl methyl sites for hydroxylation is 1. The molecule has 0 saturated carbocycles. The van der Waals surface area contributed by atoms with Crippen molar-refractivity contribution in [3.8, 4) is 0 Å². The van der Waals surface area contributed by atoms with Crippen molar-refractivity contribution in [1.29, 1.82) is 0 Å². The molecule has 0 atom stereocenters. The summed E-state index contributed by atoms with van der Waals surface area (Å²) in [6.07, 6.45) is 2.15. The summed E-state index contributed by atoms with van der Waals surface area (Å²) in [5.41, 5.74) is 0.191. The van der Waals surface area contributed by atoms with Crippen LogP contribution in [0, 0.1) is 6.92 Å². The Balaban J connectivity index is 1.51. The lowest BCUT2D eigenvalue weighted by atomic mass is 10.4. The van der Waals surface area contributed by atoms with Crippen LogP contribution in [-0.4, -0.2) is 50.9 Å². The van der Waals surface area contributed by atoms with Gasteiger partial charge in [-0.25, -0.2) is 0 Å². The number of rotatable bonds is 5. The van der Waals surface area contributed by atoms with Crippen molar-refractivity contribution in [1.82, 2.24) is 20.3 Å². The molecule has 8 nitrogen and oxygen atoms in total. The highest BCUT2D eigenvalue weighted by atomic mass is 32.2. The summed E-state index contributed by atoms with van der Waals surface area (Å²) in [5.74, 6) is 0.614. The fourth-order valence-corrected chi connectivity index (χ4v) is 3.78. The van der Waals surface area contributed by atoms with Crippen molar-refractivity contribution < 1.29 is 14.1 Å². The second-order valence-electron chi connectivity index (χ2n) is 5.03. The molecule has 1 aliphatic rings. The molecule has 0 bridgehead atoms. The van der Waals surface area contributed by atoms with Crippen LogP contribution in [0.3, 0.4) is 0 Å². The summed E-state index contributed by atoms with van der Waals surface area (Å²) in [6.45, 7) is 3.39. The molecule has 2 aromatic rings. The van der Waals surface area contributed by atoms with E-state index in [-0.39, 0.29) is 11.6 Å². The molecule has 122 valence electrons. The largest absolute Gasteiger partial charge is 0.361 e. The van der Waals surface area contributed by atoms with Crippen molar-refractivity contribution in [2.24, 2.45) is 0 Å². The minimum Gasteiger partial charge on any atom is -0.361 e. The van der Waals surface area contributed by atoms with Gasteiger partial charge in [0.05, 0.1) is 5.75 Å². The zero-order valence-electron chi connectivity index (χ0n) is 12.4. The normalized spacial score (nSPS) is 14.2. The molecule has 2 amide bonds. The number of thioether (sulfide) groups is 1. The lowest BCUT2D eigenvalue weighted by Crippen LogP contribution is -2.29. The molecule has 1 aliphatic heterocycles. The summed E-state index contributed by atoms with van der Waals surface area (Å²) < 4.78 is 5.50. The van der Waals surface area contributed by atoms with E-state index in [1.54, 1.807) is 13.0 Å². The summed E-state index contributed by atoms with van der Waals surface area (Å²) in [5, 5.41) is 14.5. The van der Waals surface area contributed by atoms with Gasteiger partial charge in [0.15, 0.2) is 10.0 Å². The Labute approximate surface area is 140 Å². The molecule has 1 fully saturated rings. The Morgan fingerprint density at radius 3 is 2.87 bits per heavy atom. The van der Waals surface area contributed by atoms with Gasteiger partial charge >= 0.3 is 0 Å². The number of hydrogen-bond donors (Lipinski definition) is 1. The fourth-order valence-electron chi connectivity index (χ4n) is 2.13. The van der Waals surface area contributed by atoms with Crippen LogP contribution in [0.25, 0.3) is 0 Å². The zero-order valence-corrected chi connectivity index (χ0v) is 14.1. The van der Waals surface area contributed by atoms with Gasteiger partial charge in [-0.1, -0.05) is 28.3 Å². The summed E-state index contributed by atoms with van der Waals surface area (Å²) >= 11 is 2.56. The number of nitrogens with one attached hydrogen (secondary N) is 1. The van der Waals surface area contributed by atoms with Crippen LogP contribution in [0.15, 0.2) is 14.9 Å². The lowest BCUT2D eigenvalue weighted by Gasteiger charge is -2.13. The smallest absolute Gasteiger partial charge is 0.279 e. The third-order valence-electron chi connectivity index (χ3n) is 3.27. The van der Waals surface area contributed by atoms with Crippen molar-refractivity contribution >= 4 is 40.0 Å². The van der Waals surface area contributed by atoms with E-state index < -0.39 is 5.91 Å². The second kappa shape index (κ2) is 7.09. The van der Waals surface area contributed by atoms with Crippen LogP contribution in [0.2, 0.25) is 0 Å². The Morgan fingerprint density at radius 1 is 1.39 bits per heavy atom. The molecule has 0 aromatic carbocycles. The topological polar surface area (TPSA) is 101 Å². The third kappa shape index (κ3) is 4.08. The first-order chi connectivity index (χ1) is 11.1. The molecule has 0 radical (unpaired) electrons. The average molecular weight is 353 g/mol. The van der Waals surface area contributed by atoms with Crippen LogP contribution in [0.4, 0.5) is 5.13 Å². The Morgan fingerprint density at radius 2 is 2.17 bits per heavy atom. The molecule has 3 heterocycles. The molecule has 1 N–H and O–H groups in total. The Kier molecular flexibility index (Phi) is 4.91. The Bertz CT molecular complexity index is 708. The van der Waals surface area contributed by atoms with Gasteiger partial charge in [-0.3, -0.25) is 14.9 Å². The van der Waals surface area contributed by atoms with E-state index in [1.807, 2.05) is 4.90 Å². The maximum Gasteiger partial charge on any atom is 0.279 e. The lowest BCUT2D eigenvalue weighted by molar-refractivity contribution is -0.127. The number of likely N-dealkylation sites (tertiary alicyclic amines) is 1. The molecule has 1 saturated heterocycles. The molecule has 0 aliphatic carbocycles.